The molecule has 0 atom stereocenters. The van der Waals surface area contributed by atoms with Crippen molar-refractivity contribution in [3.05, 3.63) is 80.4 Å². The second-order valence-corrected chi connectivity index (χ2v) is 6.16. The van der Waals surface area contributed by atoms with Crippen LogP contribution in [0, 0.1) is 20.2 Å². The molecule has 11 nitrogen and oxygen atoms in total. The van der Waals surface area contributed by atoms with Crippen molar-refractivity contribution in [1.82, 2.24) is 5.43 Å². The van der Waals surface area contributed by atoms with Gasteiger partial charge in [0.2, 0.25) is 5.75 Å². The molecule has 3 rings (SSSR count). The molecule has 3 aromatic carbocycles. The minimum atomic E-state index is -0.860. The Morgan fingerprint density at radius 1 is 1.10 bits per heavy atom. The van der Waals surface area contributed by atoms with Gasteiger partial charge in [-0.2, -0.15) is 5.10 Å². The van der Waals surface area contributed by atoms with Crippen LogP contribution in [0.3, 0.4) is 0 Å². The highest BCUT2D eigenvalue weighted by molar-refractivity contribution is 5.99. The van der Waals surface area contributed by atoms with Gasteiger partial charge in [0.25, 0.3) is 11.6 Å². The van der Waals surface area contributed by atoms with Crippen LogP contribution in [0.15, 0.2) is 59.7 Å². The first kappa shape index (κ1) is 21.2. The van der Waals surface area contributed by atoms with Crippen LogP contribution >= 0.6 is 0 Å². The van der Waals surface area contributed by atoms with Gasteiger partial charge in [-0.3, -0.25) is 25.0 Å². The summed E-state index contributed by atoms with van der Waals surface area (Å²) < 4.78 is 10.2. The monoisotopic (exact) mass is 424 g/mol. The maximum Gasteiger partial charge on any atom is 0.321 e. The fraction of sp³-hybridized carbons (Fsp3) is 0.100. The normalized spacial score (nSPS) is 10.7. The minimum Gasteiger partial charge on any atom is -0.492 e. The molecule has 0 saturated carbocycles. The molecule has 31 heavy (non-hydrogen) atoms. The molecule has 158 valence electrons. The number of ether oxygens (including phenoxy) is 2. The number of hydrogen-bond acceptors (Lipinski definition) is 8. The zero-order chi connectivity index (χ0) is 22.4. The van der Waals surface area contributed by atoms with Crippen LogP contribution < -0.4 is 14.9 Å². The van der Waals surface area contributed by atoms with Crippen molar-refractivity contribution in [1.29, 1.82) is 0 Å². The van der Waals surface area contributed by atoms with Crippen LogP contribution in [0.5, 0.6) is 11.5 Å². The van der Waals surface area contributed by atoms with Crippen LogP contribution in [0.2, 0.25) is 0 Å². The Labute approximate surface area is 175 Å². The van der Waals surface area contributed by atoms with E-state index in [0.717, 1.165) is 28.5 Å². The first-order valence-electron chi connectivity index (χ1n) is 8.84. The van der Waals surface area contributed by atoms with Gasteiger partial charge < -0.3 is 9.47 Å². The molecular weight excluding hydrogens is 408 g/mol. The maximum atomic E-state index is 12.1. The van der Waals surface area contributed by atoms with Crippen molar-refractivity contribution in [3.8, 4) is 11.5 Å². The van der Waals surface area contributed by atoms with Gasteiger partial charge in [-0.25, -0.2) is 5.43 Å². The molecule has 0 heterocycles. The topological polar surface area (TPSA) is 146 Å². The number of hydrazone groups is 1. The van der Waals surface area contributed by atoms with Gasteiger partial charge >= 0.3 is 5.69 Å². The second-order valence-electron chi connectivity index (χ2n) is 6.16. The lowest BCUT2D eigenvalue weighted by Crippen LogP contribution is -2.25. The Kier molecular flexibility index (Phi) is 6.36. The van der Waals surface area contributed by atoms with Crippen molar-refractivity contribution < 1.29 is 24.1 Å². The van der Waals surface area contributed by atoms with Crippen molar-refractivity contribution >= 4 is 34.3 Å². The van der Waals surface area contributed by atoms with Gasteiger partial charge in [0, 0.05) is 5.56 Å². The predicted octanol–water partition coefficient (Wildman–Crippen LogP) is 3.19. The van der Waals surface area contributed by atoms with Crippen molar-refractivity contribution in [3.63, 3.8) is 0 Å². The van der Waals surface area contributed by atoms with E-state index in [2.05, 4.69) is 10.5 Å². The average molecular weight is 424 g/mol. The van der Waals surface area contributed by atoms with Crippen LogP contribution in [-0.4, -0.2) is 35.7 Å². The van der Waals surface area contributed by atoms with E-state index in [-0.39, 0.29) is 5.75 Å². The highest BCUT2D eigenvalue weighted by Crippen LogP contribution is 2.40. The number of rotatable bonds is 8. The lowest BCUT2D eigenvalue weighted by molar-refractivity contribution is -0.394. The molecule has 0 aliphatic heterocycles. The number of nitrogens with one attached hydrogen (secondary N) is 1. The Morgan fingerprint density at radius 2 is 1.84 bits per heavy atom. The average Bonchev–Trinajstić information content (AvgIpc) is 2.77. The van der Waals surface area contributed by atoms with Crippen LogP contribution in [0.1, 0.15) is 5.56 Å². The highest BCUT2D eigenvalue weighted by atomic mass is 16.6. The standard InChI is InChI=1S/C20H16N4O7/c1-30-18-10-15(23(26)27)9-17(24(28)29)20(18)31-12-19(25)22-21-11-14-7-4-6-13-5-2-3-8-16(13)14/h2-11H,12H2,1H3,(H,22,25). The Morgan fingerprint density at radius 3 is 2.55 bits per heavy atom. The minimum absolute atomic E-state index is 0.243. The number of amides is 1. The summed E-state index contributed by atoms with van der Waals surface area (Å²) in [6.45, 7) is -0.623. The Hall–Kier alpha value is -4.54. The van der Waals surface area contributed by atoms with E-state index in [1.165, 1.54) is 13.3 Å². The van der Waals surface area contributed by atoms with E-state index in [1.54, 1.807) is 0 Å². The highest BCUT2D eigenvalue weighted by Gasteiger charge is 2.27. The predicted molar refractivity (Wildman–Crippen MR) is 111 cm³/mol. The van der Waals surface area contributed by atoms with E-state index < -0.39 is 39.5 Å². The number of fused-ring (bicyclic) bond motifs is 1. The van der Waals surface area contributed by atoms with Crippen molar-refractivity contribution in [2.75, 3.05) is 13.7 Å². The SMILES string of the molecule is COc1cc([N+](=O)[O-])cc([N+](=O)[O-])c1OCC(=O)NN=Cc1cccc2ccccc12. The zero-order valence-electron chi connectivity index (χ0n) is 16.2. The van der Waals surface area contributed by atoms with E-state index in [1.807, 2.05) is 42.5 Å². The maximum absolute atomic E-state index is 12.1. The summed E-state index contributed by atoms with van der Waals surface area (Å²) in [5.41, 5.74) is 1.81. The molecule has 0 aromatic heterocycles. The molecule has 0 radical (unpaired) electrons. The third-order valence-electron chi connectivity index (χ3n) is 4.21. The van der Waals surface area contributed by atoms with E-state index in [0.29, 0.717) is 0 Å². The number of benzene rings is 3. The van der Waals surface area contributed by atoms with Crippen LogP contribution in [0.4, 0.5) is 11.4 Å². The molecule has 0 unspecified atom stereocenters. The van der Waals surface area contributed by atoms with E-state index in [4.69, 9.17) is 9.47 Å². The number of non-ortho nitro benzene ring substituents is 1. The molecule has 0 bridgehead atoms. The number of hydrogen-bond donors (Lipinski definition) is 1. The Balaban J connectivity index is 1.71. The van der Waals surface area contributed by atoms with Gasteiger partial charge in [0.15, 0.2) is 12.4 Å². The molecule has 0 aliphatic carbocycles. The molecule has 1 amide bonds. The molecule has 11 heteroatoms. The summed E-state index contributed by atoms with van der Waals surface area (Å²) in [5.74, 6) is -1.33. The van der Waals surface area contributed by atoms with Crippen molar-refractivity contribution in [2.45, 2.75) is 0 Å². The van der Waals surface area contributed by atoms with Crippen molar-refractivity contribution in [2.24, 2.45) is 5.10 Å². The fourth-order valence-electron chi connectivity index (χ4n) is 2.82. The smallest absolute Gasteiger partial charge is 0.321 e. The fourth-order valence-corrected chi connectivity index (χ4v) is 2.82. The quantitative estimate of drug-likeness (QED) is 0.332. The Bertz CT molecular complexity index is 1190. The molecule has 0 spiro atoms. The largest absolute Gasteiger partial charge is 0.492 e. The van der Waals surface area contributed by atoms with E-state index >= 15 is 0 Å². The molecule has 0 saturated heterocycles. The molecule has 1 N–H and O–H groups in total. The molecular formula is C20H16N4O7. The van der Waals surface area contributed by atoms with Crippen LogP contribution in [-0.2, 0) is 4.79 Å². The summed E-state index contributed by atoms with van der Waals surface area (Å²) in [6, 6.07) is 15.0. The summed E-state index contributed by atoms with van der Waals surface area (Å²) in [5, 5.41) is 28.1. The second kappa shape index (κ2) is 9.31. The molecule has 0 aliphatic rings. The molecule has 3 aromatic rings. The first-order valence-corrected chi connectivity index (χ1v) is 8.84. The van der Waals surface area contributed by atoms with E-state index in [9.17, 15) is 25.0 Å². The van der Waals surface area contributed by atoms with Crippen LogP contribution in [0.25, 0.3) is 10.8 Å². The lowest BCUT2D eigenvalue weighted by atomic mass is 10.1. The molecule has 0 fully saturated rings. The lowest BCUT2D eigenvalue weighted by Gasteiger charge is -2.10. The number of carbonyl (C=O) groups excluding carboxylic acids is 1. The van der Waals surface area contributed by atoms with Gasteiger partial charge in [-0.1, -0.05) is 42.5 Å². The number of nitro benzene ring substituents is 2. The third-order valence-corrected chi connectivity index (χ3v) is 4.21. The first-order chi connectivity index (χ1) is 14.9. The third kappa shape index (κ3) is 4.90. The van der Waals surface area contributed by atoms with Gasteiger partial charge in [-0.15, -0.1) is 0 Å². The summed E-state index contributed by atoms with van der Waals surface area (Å²) >= 11 is 0. The number of methoxy groups -OCH3 is 1. The van der Waals surface area contributed by atoms with Gasteiger partial charge in [0.05, 0.1) is 35.3 Å². The number of nitro groups is 2. The van der Waals surface area contributed by atoms with Gasteiger partial charge in [0.1, 0.15) is 0 Å². The zero-order valence-corrected chi connectivity index (χ0v) is 16.2. The van der Waals surface area contributed by atoms with Gasteiger partial charge in [-0.05, 0) is 10.8 Å². The summed E-state index contributed by atoms with van der Waals surface area (Å²) in [7, 11) is 1.17. The summed E-state index contributed by atoms with van der Waals surface area (Å²) in [6.07, 6.45) is 1.47. The summed E-state index contributed by atoms with van der Waals surface area (Å²) in [4.78, 5) is 32.6. The number of nitrogens with zero attached hydrogens (tertiary/aromatic N) is 3. The number of carbonyl (C=O) groups is 1.